The number of nitrogens with one attached hydrogen (secondary N) is 1. The minimum Gasteiger partial charge on any atom is -0.497 e. The Labute approximate surface area is 135 Å². The van der Waals surface area contributed by atoms with E-state index in [0.29, 0.717) is 39.0 Å². The number of rotatable bonds is 4. The third-order valence-electron chi connectivity index (χ3n) is 4.66. The van der Waals surface area contributed by atoms with Gasteiger partial charge in [-0.25, -0.2) is 4.98 Å². The molecule has 0 radical (unpaired) electrons. The predicted octanol–water partition coefficient (Wildman–Crippen LogP) is 0.265. The molecular formula is C16H22N4O3. The highest BCUT2D eigenvalue weighted by molar-refractivity contribution is 6.07. The van der Waals surface area contributed by atoms with Crippen LogP contribution in [0.3, 0.4) is 0 Å². The Morgan fingerprint density at radius 2 is 1.96 bits per heavy atom. The number of amides is 2. The molecule has 0 bridgehead atoms. The van der Waals surface area contributed by atoms with Crippen molar-refractivity contribution in [3.63, 3.8) is 0 Å². The summed E-state index contributed by atoms with van der Waals surface area (Å²) in [6.45, 7) is 2.62. The van der Waals surface area contributed by atoms with Gasteiger partial charge in [0.1, 0.15) is 17.0 Å². The molecule has 7 nitrogen and oxygen atoms in total. The summed E-state index contributed by atoms with van der Waals surface area (Å²) in [6.07, 6.45) is 3.03. The summed E-state index contributed by atoms with van der Waals surface area (Å²) in [5.41, 5.74) is -0.800. The molecule has 1 N–H and O–H groups in total. The van der Waals surface area contributed by atoms with Gasteiger partial charge in [0, 0.05) is 45.5 Å². The summed E-state index contributed by atoms with van der Waals surface area (Å²) in [7, 11) is 3.21. The maximum atomic E-state index is 12.6. The van der Waals surface area contributed by atoms with Crippen molar-refractivity contribution in [1.82, 2.24) is 15.2 Å². The van der Waals surface area contributed by atoms with Crippen LogP contribution in [-0.2, 0) is 9.59 Å². The number of pyridine rings is 1. The van der Waals surface area contributed by atoms with Crippen LogP contribution in [0.15, 0.2) is 18.3 Å². The Hall–Kier alpha value is -2.31. The van der Waals surface area contributed by atoms with Crippen molar-refractivity contribution in [1.29, 1.82) is 0 Å². The number of piperazine rings is 1. The number of anilines is 1. The van der Waals surface area contributed by atoms with Crippen molar-refractivity contribution in [2.24, 2.45) is 5.41 Å². The molecule has 1 saturated carbocycles. The lowest BCUT2D eigenvalue weighted by molar-refractivity contribution is -0.144. The van der Waals surface area contributed by atoms with Gasteiger partial charge in [-0.1, -0.05) is 0 Å². The van der Waals surface area contributed by atoms with Crippen LogP contribution < -0.4 is 15.0 Å². The topological polar surface area (TPSA) is 74.8 Å². The maximum Gasteiger partial charge on any atom is 0.238 e. The highest BCUT2D eigenvalue weighted by Gasteiger charge is 2.57. The van der Waals surface area contributed by atoms with Gasteiger partial charge in [0.2, 0.25) is 11.8 Å². The van der Waals surface area contributed by atoms with E-state index >= 15 is 0 Å². The molecule has 0 aromatic carbocycles. The molecule has 1 aromatic rings. The van der Waals surface area contributed by atoms with Crippen LogP contribution in [0.2, 0.25) is 0 Å². The van der Waals surface area contributed by atoms with Gasteiger partial charge in [0.05, 0.1) is 7.11 Å². The third kappa shape index (κ3) is 2.83. The minimum atomic E-state index is -0.800. The van der Waals surface area contributed by atoms with Crippen molar-refractivity contribution in [3.8, 4) is 5.75 Å². The highest BCUT2D eigenvalue weighted by Crippen LogP contribution is 2.47. The van der Waals surface area contributed by atoms with Crippen molar-refractivity contribution < 1.29 is 14.3 Å². The van der Waals surface area contributed by atoms with Gasteiger partial charge in [-0.2, -0.15) is 0 Å². The zero-order valence-electron chi connectivity index (χ0n) is 13.5. The average Bonchev–Trinajstić information content (AvgIpc) is 3.42. The van der Waals surface area contributed by atoms with Crippen molar-refractivity contribution in [2.75, 3.05) is 45.2 Å². The third-order valence-corrected chi connectivity index (χ3v) is 4.66. The van der Waals surface area contributed by atoms with Crippen molar-refractivity contribution >= 4 is 17.6 Å². The first-order chi connectivity index (χ1) is 11.1. The van der Waals surface area contributed by atoms with Crippen LogP contribution in [0.5, 0.6) is 5.75 Å². The molecule has 0 unspecified atom stereocenters. The van der Waals surface area contributed by atoms with Gasteiger partial charge in [0.25, 0.3) is 0 Å². The molecule has 0 atom stereocenters. The smallest absolute Gasteiger partial charge is 0.238 e. The van der Waals surface area contributed by atoms with Gasteiger partial charge in [0.15, 0.2) is 0 Å². The monoisotopic (exact) mass is 318 g/mol. The van der Waals surface area contributed by atoms with E-state index < -0.39 is 5.41 Å². The summed E-state index contributed by atoms with van der Waals surface area (Å²) in [5.74, 6) is 1.43. The van der Waals surface area contributed by atoms with Crippen LogP contribution in [0, 0.1) is 5.41 Å². The summed E-state index contributed by atoms with van der Waals surface area (Å²) in [5, 5.41) is 2.61. The second kappa shape index (κ2) is 6.06. The first-order valence-electron chi connectivity index (χ1n) is 7.87. The minimum absolute atomic E-state index is 0.0323. The molecule has 23 heavy (non-hydrogen) atoms. The number of ether oxygens (including phenoxy) is 1. The fourth-order valence-electron chi connectivity index (χ4n) is 3.04. The van der Waals surface area contributed by atoms with E-state index in [2.05, 4.69) is 15.2 Å². The molecule has 1 saturated heterocycles. The largest absolute Gasteiger partial charge is 0.497 e. The number of carbonyl (C=O) groups excluding carboxylic acids is 2. The first-order valence-corrected chi connectivity index (χ1v) is 7.87. The van der Waals surface area contributed by atoms with Gasteiger partial charge in [-0.3, -0.25) is 9.59 Å². The van der Waals surface area contributed by atoms with E-state index in [4.69, 9.17) is 4.74 Å². The maximum absolute atomic E-state index is 12.6. The standard InChI is InChI=1S/C16H22N4O3/c1-17-14(21)16(4-5-16)15(22)20-9-7-19(8-10-20)13-11-12(23-2)3-6-18-13/h3,6,11H,4-5,7-10H2,1-2H3,(H,17,21). The molecule has 2 fully saturated rings. The van der Waals surface area contributed by atoms with Gasteiger partial charge in [-0.05, 0) is 18.9 Å². The molecule has 7 heteroatoms. The van der Waals surface area contributed by atoms with Crippen LogP contribution in [0.25, 0.3) is 0 Å². The second-order valence-corrected chi connectivity index (χ2v) is 5.99. The lowest BCUT2D eigenvalue weighted by atomic mass is 10.0. The van der Waals surface area contributed by atoms with E-state index in [-0.39, 0.29) is 11.8 Å². The predicted molar refractivity (Wildman–Crippen MR) is 85.3 cm³/mol. The summed E-state index contributed by atoms with van der Waals surface area (Å²) >= 11 is 0. The summed E-state index contributed by atoms with van der Waals surface area (Å²) in [6, 6.07) is 3.70. The molecule has 1 aliphatic carbocycles. The van der Waals surface area contributed by atoms with Gasteiger partial charge in [-0.15, -0.1) is 0 Å². The van der Waals surface area contributed by atoms with Crippen molar-refractivity contribution in [3.05, 3.63) is 18.3 Å². The van der Waals surface area contributed by atoms with Gasteiger partial charge >= 0.3 is 0 Å². The van der Waals surface area contributed by atoms with Crippen LogP contribution in [0.4, 0.5) is 5.82 Å². The number of hydrogen-bond acceptors (Lipinski definition) is 5. The number of nitrogens with zero attached hydrogens (tertiary/aromatic N) is 3. The van der Waals surface area contributed by atoms with Crippen molar-refractivity contribution in [2.45, 2.75) is 12.8 Å². The molecular weight excluding hydrogens is 296 g/mol. The fourth-order valence-corrected chi connectivity index (χ4v) is 3.04. The normalized spacial score (nSPS) is 19.2. The van der Waals surface area contributed by atoms with E-state index in [0.717, 1.165) is 11.6 Å². The van der Waals surface area contributed by atoms with Crippen LogP contribution in [-0.4, -0.2) is 62.0 Å². The number of aromatic nitrogens is 1. The SMILES string of the molecule is CNC(=O)C1(C(=O)N2CCN(c3cc(OC)ccn3)CC2)CC1. The Balaban J connectivity index is 1.62. The molecule has 1 aromatic heterocycles. The Morgan fingerprint density at radius 1 is 1.26 bits per heavy atom. The zero-order valence-corrected chi connectivity index (χ0v) is 13.5. The van der Waals surface area contributed by atoms with E-state index in [9.17, 15) is 9.59 Å². The van der Waals surface area contributed by atoms with Gasteiger partial charge < -0.3 is 19.9 Å². The summed E-state index contributed by atoms with van der Waals surface area (Å²) in [4.78, 5) is 32.9. The van der Waals surface area contributed by atoms with E-state index in [1.54, 1.807) is 25.3 Å². The fraction of sp³-hybridized carbons (Fsp3) is 0.562. The molecule has 124 valence electrons. The molecule has 0 spiro atoms. The number of hydrogen-bond donors (Lipinski definition) is 1. The lowest BCUT2D eigenvalue weighted by Gasteiger charge is -2.36. The molecule has 2 heterocycles. The molecule has 3 rings (SSSR count). The number of methoxy groups -OCH3 is 1. The van der Waals surface area contributed by atoms with E-state index in [1.807, 2.05) is 12.1 Å². The average molecular weight is 318 g/mol. The first kappa shape index (κ1) is 15.6. The van der Waals surface area contributed by atoms with E-state index in [1.165, 1.54) is 0 Å². The Kier molecular flexibility index (Phi) is 4.11. The number of carbonyl (C=O) groups is 2. The lowest BCUT2D eigenvalue weighted by Crippen LogP contribution is -2.53. The highest BCUT2D eigenvalue weighted by atomic mass is 16.5. The molecule has 2 amide bonds. The van der Waals surface area contributed by atoms with Crippen LogP contribution in [0.1, 0.15) is 12.8 Å². The molecule has 1 aliphatic heterocycles. The summed E-state index contributed by atoms with van der Waals surface area (Å²) < 4.78 is 5.22. The quantitative estimate of drug-likeness (QED) is 0.806. The Bertz CT molecular complexity index is 607. The Morgan fingerprint density at radius 3 is 2.52 bits per heavy atom. The second-order valence-electron chi connectivity index (χ2n) is 5.99. The van der Waals surface area contributed by atoms with Crippen LogP contribution >= 0.6 is 0 Å². The zero-order chi connectivity index (χ0) is 16.4. The molecule has 2 aliphatic rings.